The summed E-state index contributed by atoms with van der Waals surface area (Å²) in [6.45, 7) is 2.10. The van der Waals surface area contributed by atoms with Crippen LogP contribution in [0.3, 0.4) is 0 Å². The van der Waals surface area contributed by atoms with Gasteiger partial charge >= 0.3 is 10.1 Å². The Morgan fingerprint density at radius 1 is 1.14 bits per heavy atom. The van der Waals surface area contributed by atoms with Crippen LogP contribution in [0.5, 0.6) is 17.2 Å². The fourth-order valence-electron chi connectivity index (χ4n) is 2.24. The van der Waals surface area contributed by atoms with Gasteiger partial charge in [0.25, 0.3) is 0 Å². The maximum absolute atomic E-state index is 12.6. The number of guanidine groups is 1. The minimum absolute atomic E-state index is 0.0579. The Hall–Kier alpha value is -3.27. The molecule has 0 bridgehead atoms. The first kappa shape index (κ1) is 21.0. The number of hydrogen-bond donors (Lipinski definition) is 2. The SMILES string of the molecule is COc1ccccc1S(=O)(=O)Oc1cc(C)cc(OCC/C=N\N=C(N)N)c1. The number of aryl methyl sites for hydroxylation is 1. The summed E-state index contributed by atoms with van der Waals surface area (Å²) in [5.41, 5.74) is 11.1. The second-order valence-corrected chi connectivity index (χ2v) is 7.14. The second-order valence-electron chi connectivity index (χ2n) is 5.63. The van der Waals surface area contributed by atoms with Crippen LogP contribution in [-0.4, -0.2) is 34.3 Å². The van der Waals surface area contributed by atoms with Gasteiger partial charge in [-0.25, -0.2) is 0 Å². The van der Waals surface area contributed by atoms with Gasteiger partial charge in [-0.15, -0.1) is 5.10 Å². The molecule has 0 radical (unpaired) electrons. The van der Waals surface area contributed by atoms with Gasteiger partial charge in [0.1, 0.15) is 22.1 Å². The molecule has 2 rings (SSSR count). The lowest BCUT2D eigenvalue weighted by atomic mass is 10.2. The highest BCUT2D eigenvalue weighted by Gasteiger charge is 2.21. The van der Waals surface area contributed by atoms with Crippen LogP contribution < -0.4 is 25.1 Å². The molecule has 0 fully saturated rings. The van der Waals surface area contributed by atoms with E-state index >= 15 is 0 Å². The molecule has 28 heavy (non-hydrogen) atoms. The van der Waals surface area contributed by atoms with Gasteiger partial charge in [-0.05, 0) is 36.8 Å². The van der Waals surface area contributed by atoms with Gasteiger partial charge in [0.2, 0.25) is 5.96 Å². The van der Waals surface area contributed by atoms with Crippen LogP contribution in [0.25, 0.3) is 0 Å². The Morgan fingerprint density at radius 3 is 2.57 bits per heavy atom. The van der Waals surface area contributed by atoms with Crippen LogP contribution in [0.4, 0.5) is 0 Å². The molecule has 0 aliphatic rings. The van der Waals surface area contributed by atoms with Crippen molar-refractivity contribution in [3.05, 3.63) is 48.0 Å². The molecule has 0 saturated carbocycles. The molecule has 2 aromatic rings. The summed E-state index contributed by atoms with van der Waals surface area (Å²) in [6, 6.07) is 11.1. The maximum atomic E-state index is 12.6. The minimum Gasteiger partial charge on any atom is -0.495 e. The zero-order valence-corrected chi connectivity index (χ0v) is 16.3. The smallest absolute Gasteiger partial charge is 0.342 e. The van der Waals surface area contributed by atoms with Crippen LogP contribution in [0, 0.1) is 6.92 Å². The standard InChI is InChI=1S/C18H22N4O5S/c1-13-10-14(26-9-5-8-21-22-18(19)20)12-15(11-13)27-28(23,24)17-7-4-3-6-16(17)25-2/h3-4,6-8,10-12H,5,9H2,1-2H3,(H4,19,20,22)/b21-8-. The summed E-state index contributed by atoms with van der Waals surface area (Å²) in [6.07, 6.45) is 1.96. The topological polar surface area (TPSA) is 139 Å². The molecule has 0 aromatic heterocycles. The van der Waals surface area contributed by atoms with Crippen LogP contribution in [-0.2, 0) is 10.1 Å². The zero-order valence-electron chi connectivity index (χ0n) is 15.5. The van der Waals surface area contributed by atoms with Gasteiger partial charge in [-0.1, -0.05) is 12.1 Å². The molecular formula is C18H22N4O5S. The van der Waals surface area contributed by atoms with Crippen molar-refractivity contribution in [2.24, 2.45) is 21.7 Å². The molecule has 4 N–H and O–H groups in total. The van der Waals surface area contributed by atoms with Gasteiger partial charge in [-0.3, -0.25) is 0 Å². The predicted molar refractivity (Wildman–Crippen MR) is 106 cm³/mol. The third-order valence-electron chi connectivity index (χ3n) is 3.34. The van der Waals surface area contributed by atoms with Crippen molar-refractivity contribution in [3.63, 3.8) is 0 Å². The van der Waals surface area contributed by atoms with E-state index in [0.717, 1.165) is 5.56 Å². The summed E-state index contributed by atoms with van der Waals surface area (Å²) in [5.74, 6) is 0.663. The van der Waals surface area contributed by atoms with E-state index in [-0.39, 0.29) is 22.4 Å². The van der Waals surface area contributed by atoms with Crippen molar-refractivity contribution in [2.45, 2.75) is 18.2 Å². The molecule has 0 aliphatic heterocycles. The van der Waals surface area contributed by atoms with Crippen molar-refractivity contribution in [1.29, 1.82) is 0 Å². The van der Waals surface area contributed by atoms with Gasteiger partial charge < -0.3 is 25.1 Å². The Kier molecular flexibility index (Phi) is 7.21. The fourth-order valence-corrected chi connectivity index (χ4v) is 3.32. The third-order valence-corrected chi connectivity index (χ3v) is 4.63. The second kappa shape index (κ2) is 9.60. The number of nitrogens with zero attached hydrogens (tertiary/aromatic N) is 2. The van der Waals surface area contributed by atoms with Gasteiger partial charge in [0.15, 0.2) is 0 Å². The monoisotopic (exact) mass is 406 g/mol. The summed E-state index contributed by atoms with van der Waals surface area (Å²) < 4.78 is 41.2. The van der Waals surface area contributed by atoms with E-state index in [2.05, 4.69) is 10.2 Å². The van der Waals surface area contributed by atoms with Crippen LogP contribution in [0.1, 0.15) is 12.0 Å². The molecule has 0 aliphatic carbocycles. The lowest BCUT2D eigenvalue weighted by Crippen LogP contribution is -2.21. The van der Waals surface area contributed by atoms with Crippen molar-refractivity contribution >= 4 is 22.3 Å². The van der Waals surface area contributed by atoms with Gasteiger partial charge in [0.05, 0.1) is 13.7 Å². The fraction of sp³-hybridized carbons (Fsp3) is 0.222. The highest BCUT2D eigenvalue weighted by Crippen LogP contribution is 2.29. The number of nitrogens with two attached hydrogens (primary N) is 2. The lowest BCUT2D eigenvalue weighted by molar-refractivity contribution is 0.329. The molecule has 0 heterocycles. The number of rotatable bonds is 9. The molecule has 9 nitrogen and oxygen atoms in total. The van der Waals surface area contributed by atoms with E-state index in [0.29, 0.717) is 18.8 Å². The number of methoxy groups -OCH3 is 1. The predicted octanol–water partition coefficient (Wildman–Crippen LogP) is 1.80. The maximum Gasteiger partial charge on any atom is 0.342 e. The number of ether oxygens (including phenoxy) is 2. The van der Waals surface area contributed by atoms with Gasteiger partial charge in [-0.2, -0.15) is 13.5 Å². The van der Waals surface area contributed by atoms with E-state index in [1.165, 1.54) is 25.5 Å². The molecule has 0 amide bonds. The highest BCUT2D eigenvalue weighted by atomic mass is 32.2. The molecule has 150 valence electrons. The van der Waals surface area contributed by atoms with Crippen molar-refractivity contribution < 1.29 is 22.1 Å². The van der Waals surface area contributed by atoms with Crippen LogP contribution in [0.15, 0.2) is 57.6 Å². The Labute approximate surface area is 163 Å². The van der Waals surface area contributed by atoms with E-state index in [4.69, 9.17) is 25.1 Å². The molecule has 2 aromatic carbocycles. The summed E-state index contributed by atoms with van der Waals surface area (Å²) in [7, 11) is -2.68. The first-order valence-corrected chi connectivity index (χ1v) is 9.65. The Morgan fingerprint density at radius 2 is 1.86 bits per heavy atom. The van der Waals surface area contributed by atoms with E-state index in [1.54, 1.807) is 37.3 Å². The number of para-hydroxylation sites is 1. The van der Waals surface area contributed by atoms with E-state index in [1.807, 2.05) is 0 Å². The summed E-state index contributed by atoms with van der Waals surface area (Å²) in [5, 5.41) is 7.12. The first-order chi connectivity index (χ1) is 13.3. The average Bonchev–Trinajstić information content (AvgIpc) is 2.63. The normalized spacial score (nSPS) is 11.2. The molecule has 0 saturated heterocycles. The molecule has 10 heteroatoms. The van der Waals surface area contributed by atoms with Crippen LogP contribution in [0.2, 0.25) is 0 Å². The quantitative estimate of drug-likeness (QED) is 0.213. The van der Waals surface area contributed by atoms with Crippen molar-refractivity contribution in [2.75, 3.05) is 13.7 Å². The number of hydrogen-bond acceptors (Lipinski definition) is 7. The largest absolute Gasteiger partial charge is 0.495 e. The summed E-state index contributed by atoms with van der Waals surface area (Å²) in [4.78, 5) is -0.0579. The zero-order chi connectivity index (χ0) is 20.6. The highest BCUT2D eigenvalue weighted by molar-refractivity contribution is 7.87. The van der Waals surface area contributed by atoms with Crippen LogP contribution >= 0.6 is 0 Å². The Bertz CT molecular complexity index is 970. The number of benzene rings is 2. The Balaban J connectivity index is 2.10. The van der Waals surface area contributed by atoms with E-state index < -0.39 is 10.1 Å². The molecular weight excluding hydrogens is 384 g/mol. The molecule has 0 atom stereocenters. The minimum atomic E-state index is -4.07. The molecule has 0 spiro atoms. The van der Waals surface area contributed by atoms with E-state index in [9.17, 15) is 8.42 Å². The van der Waals surface area contributed by atoms with Crippen molar-refractivity contribution in [1.82, 2.24) is 0 Å². The average molecular weight is 406 g/mol. The summed E-state index contributed by atoms with van der Waals surface area (Å²) >= 11 is 0. The van der Waals surface area contributed by atoms with Crippen molar-refractivity contribution in [3.8, 4) is 17.2 Å². The molecule has 0 unspecified atom stereocenters. The van der Waals surface area contributed by atoms with Gasteiger partial charge in [0, 0.05) is 18.7 Å². The lowest BCUT2D eigenvalue weighted by Gasteiger charge is -2.12. The third kappa shape index (κ3) is 6.16. The first-order valence-electron chi connectivity index (χ1n) is 8.24.